The van der Waals surface area contributed by atoms with Crippen LogP contribution in [0.3, 0.4) is 0 Å². The second-order valence-corrected chi connectivity index (χ2v) is 19.8. The molecule has 0 aliphatic carbocycles. The molecule has 0 unspecified atom stereocenters. The van der Waals surface area contributed by atoms with Gasteiger partial charge >= 0.3 is 0 Å². The summed E-state index contributed by atoms with van der Waals surface area (Å²) in [5, 5.41) is 4.65. The predicted molar refractivity (Wildman–Crippen MR) is 312 cm³/mol. The highest BCUT2D eigenvalue weighted by Crippen LogP contribution is 2.33. The summed E-state index contributed by atoms with van der Waals surface area (Å²) in [5.74, 6) is 8.43. The van der Waals surface area contributed by atoms with E-state index in [4.69, 9.17) is 31.8 Å². The van der Waals surface area contributed by atoms with E-state index in [0.717, 1.165) is 84.3 Å². The maximum Gasteiger partial charge on any atom is 0.148 e. The van der Waals surface area contributed by atoms with Gasteiger partial charge in [0.15, 0.2) is 0 Å². The summed E-state index contributed by atoms with van der Waals surface area (Å²) in [6.45, 7) is 10.1. The number of hydrogen-bond acceptors (Lipinski definition) is 4. The van der Waals surface area contributed by atoms with Crippen molar-refractivity contribution in [3.63, 3.8) is 0 Å². The van der Waals surface area contributed by atoms with Crippen molar-refractivity contribution in [1.82, 2.24) is 0 Å². The maximum atomic E-state index is 6.71. The molecule has 0 aliphatic rings. The second-order valence-electron chi connectivity index (χ2n) is 19.8. The number of ether oxygens (including phenoxy) is 4. The number of rotatable bonds is 40. The van der Waals surface area contributed by atoms with E-state index < -0.39 is 0 Å². The Bertz CT molecular complexity index is 2220. The largest absolute Gasteiger partial charge is 0.493 e. The SMILES string of the molecule is C#CCOc1ccc(C[NH2+]Cc2ccc(/C=C/c3cc(OCCCCCCCCCCCC)c(/C=C/c4ccc(C[NH2+]Cc5ccc(OCC#C)cc5)cc4)cc3OCCCCCCCCCCCC)cc2)cc1. The molecule has 0 saturated heterocycles. The van der Waals surface area contributed by atoms with Gasteiger partial charge < -0.3 is 29.6 Å². The smallest absolute Gasteiger partial charge is 0.148 e. The molecule has 0 aromatic heterocycles. The van der Waals surface area contributed by atoms with Crippen LogP contribution in [0.25, 0.3) is 24.3 Å². The van der Waals surface area contributed by atoms with Crippen LogP contribution >= 0.6 is 0 Å². The molecule has 0 atom stereocenters. The molecule has 0 radical (unpaired) electrons. The van der Waals surface area contributed by atoms with Gasteiger partial charge in [-0.15, -0.1) is 12.8 Å². The summed E-state index contributed by atoms with van der Waals surface area (Å²) >= 11 is 0. The van der Waals surface area contributed by atoms with Crippen molar-refractivity contribution in [2.45, 2.75) is 168 Å². The van der Waals surface area contributed by atoms with Gasteiger partial charge in [-0.2, -0.15) is 0 Å². The molecule has 4 N–H and O–H groups in total. The quantitative estimate of drug-likeness (QED) is 0.0233. The van der Waals surface area contributed by atoms with Gasteiger partial charge in [-0.3, -0.25) is 0 Å². The van der Waals surface area contributed by atoms with Crippen LogP contribution in [-0.2, 0) is 26.2 Å². The standard InChI is InChI=1S/C68H88N2O4/c1-5-9-11-13-15-17-19-21-23-25-49-73-67-51-64(42-36-58-29-33-60(34-30-58)54-70-56-62-39-45-66(46-40-62)72-48-8-4)68(74-50-26-24-22-20-18-16-14-12-10-6-2)52-63(67)41-35-57-27-31-59(32-28-57)53-69-55-61-37-43-65(44-38-61)71-47-7-3/h3-4,27-46,51-52,69-70H,5-6,9-26,47-50,53-56H2,1-2H3/p+2/b41-35+,42-36+. The van der Waals surface area contributed by atoms with Crippen LogP contribution in [0.15, 0.2) is 109 Å². The third-order valence-electron chi connectivity index (χ3n) is 13.5. The summed E-state index contributed by atoms with van der Waals surface area (Å²) < 4.78 is 24.5. The molecule has 0 spiro atoms. The molecule has 74 heavy (non-hydrogen) atoms. The molecule has 5 rings (SSSR count). The monoisotopic (exact) mass is 999 g/mol. The Morgan fingerprint density at radius 1 is 0.365 bits per heavy atom. The second kappa shape index (κ2) is 37.5. The van der Waals surface area contributed by atoms with Crippen LogP contribution in [-0.4, -0.2) is 26.4 Å². The zero-order chi connectivity index (χ0) is 51.9. The Morgan fingerprint density at radius 3 is 0.973 bits per heavy atom. The van der Waals surface area contributed by atoms with E-state index in [0.29, 0.717) is 13.2 Å². The first-order valence-corrected chi connectivity index (χ1v) is 28.5. The van der Waals surface area contributed by atoms with Gasteiger partial charge in [-0.05, 0) is 84.6 Å². The minimum Gasteiger partial charge on any atom is -0.493 e. The van der Waals surface area contributed by atoms with Crippen molar-refractivity contribution in [2.24, 2.45) is 0 Å². The first-order valence-electron chi connectivity index (χ1n) is 28.5. The fourth-order valence-electron chi connectivity index (χ4n) is 9.05. The molecule has 0 aliphatic heterocycles. The Labute approximate surface area is 448 Å². The average molecular weight is 999 g/mol. The highest BCUT2D eigenvalue weighted by atomic mass is 16.5. The van der Waals surface area contributed by atoms with Crippen molar-refractivity contribution in [2.75, 3.05) is 26.4 Å². The van der Waals surface area contributed by atoms with Crippen molar-refractivity contribution in [3.05, 3.63) is 154 Å². The molecule has 5 aromatic rings. The van der Waals surface area contributed by atoms with Gasteiger partial charge in [0.1, 0.15) is 62.4 Å². The number of terminal acetylenes is 2. The molecule has 5 aromatic carbocycles. The molecule has 0 amide bonds. The van der Waals surface area contributed by atoms with Crippen LogP contribution in [0.5, 0.6) is 23.0 Å². The van der Waals surface area contributed by atoms with Crippen molar-refractivity contribution in [1.29, 1.82) is 0 Å². The summed E-state index contributed by atoms with van der Waals surface area (Å²) in [6, 6.07) is 38.5. The van der Waals surface area contributed by atoms with Crippen LogP contribution in [0.4, 0.5) is 0 Å². The first kappa shape index (κ1) is 58.7. The topological polar surface area (TPSA) is 70.1 Å². The lowest BCUT2D eigenvalue weighted by molar-refractivity contribution is -0.686. The van der Waals surface area contributed by atoms with E-state index >= 15 is 0 Å². The zero-order valence-electron chi connectivity index (χ0n) is 45.4. The van der Waals surface area contributed by atoms with Crippen LogP contribution in [0.2, 0.25) is 0 Å². The molecule has 6 nitrogen and oxygen atoms in total. The van der Waals surface area contributed by atoms with Gasteiger partial charge in [0.2, 0.25) is 0 Å². The molecule has 0 saturated carbocycles. The summed E-state index contributed by atoms with van der Waals surface area (Å²) in [5.41, 5.74) is 9.44. The zero-order valence-corrected chi connectivity index (χ0v) is 45.4. The van der Waals surface area contributed by atoms with Gasteiger partial charge in [0.25, 0.3) is 0 Å². The lowest BCUT2D eigenvalue weighted by Gasteiger charge is -2.16. The third kappa shape index (κ3) is 24.7. The highest BCUT2D eigenvalue weighted by Gasteiger charge is 2.12. The number of hydrogen-bond donors (Lipinski definition) is 2. The van der Waals surface area contributed by atoms with Gasteiger partial charge in [-0.1, -0.05) is 214 Å². The van der Waals surface area contributed by atoms with E-state index in [1.54, 1.807) is 0 Å². The predicted octanol–water partition coefficient (Wildman–Crippen LogP) is 15.2. The Kier molecular flexibility index (Phi) is 29.8. The summed E-state index contributed by atoms with van der Waals surface area (Å²) in [7, 11) is 0. The summed E-state index contributed by atoms with van der Waals surface area (Å²) in [4.78, 5) is 0. The molecule has 6 heteroatoms. The molecule has 394 valence electrons. The van der Waals surface area contributed by atoms with Crippen molar-refractivity contribution < 1.29 is 29.6 Å². The first-order chi connectivity index (χ1) is 36.6. The van der Waals surface area contributed by atoms with E-state index in [1.165, 1.54) is 138 Å². The molecule has 0 heterocycles. The van der Waals surface area contributed by atoms with Crippen molar-refractivity contribution >= 4 is 24.3 Å². The number of unbranched alkanes of at least 4 members (excludes halogenated alkanes) is 18. The van der Waals surface area contributed by atoms with Crippen molar-refractivity contribution in [3.8, 4) is 47.7 Å². The fraction of sp³-hybridized carbons (Fsp3) is 0.441. The Hall–Kier alpha value is -6.18. The van der Waals surface area contributed by atoms with Gasteiger partial charge in [0.05, 0.1) is 13.2 Å². The number of quaternary nitrogens is 2. The maximum absolute atomic E-state index is 6.71. The molecular weight excluding hydrogens is 909 g/mol. The van der Waals surface area contributed by atoms with E-state index in [2.05, 4.69) is 146 Å². The molecule has 0 fully saturated rings. The lowest BCUT2D eigenvalue weighted by atomic mass is 10.0. The average Bonchev–Trinajstić information content (AvgIpc) is 3.43. The van der Waals surface area contributed by atoms with E-state index in [9.17, 15) is 0 Å². The number of nitrogens with two attached hydrogens (primary N) is 2. The summed E-state index contributed by atoms with van der Waals surface area (Å²) in [6.07, 6.45) is 45.4. The normalized spacial score (nSPS) is 11.2. The van der Waals surface area contributed by atoms with Crippen LogP contribution < -0.4 is 29.6 Å². The minimum atomic E-state index is 0.283. The Balaban J connectivity index is 1.26. The van der Waals surface area contributed by atoms with E-state index in [-0.39, 0.29) is 13.2 Å². The van der Waals surface area contributed by atoms with E-state index in [1.807, 2.05) is 24.3 Å². The Morgan fingerprint density at radius 2 is 0.662 bits per heavy atom. The van der Waals surface area contributed by atoms with Gasteiger partial charge in [0, 0.05) is 33.4 Å². The third-order valence-corrected chi connectivity index (χ3v) is 13.5. The minimum absolute atomic E-state index is 0.283. The number of benzene rings is 5. The molecular formula is C68H90N2O4+2. The molecule has 0 bridgehead atoms. The lowest BCUT2D eigenvalue weighted by Crippen LogP contribution is -2.80. The van der Waals surface area contributed by atoms with Crippen LogP contribution in [0, 0.1) is 24.7 Å². The van der Waals surface area contributed by atoms with Crippen LogP contribution in [0.1, 0.15) is 187 Å². The highest BCUT2D eigenvalue weighted by molar-refractivity contribution is 5.79. The fourth-order valence-corrected chi connectivity index (χ4v) is 9.05. The van der Waals surface area contributed by atoms with Gasteiger partial charge in [-0.25, -0.2) is 0 Å².